The van der Waals surface area contributed by atoms with E-state index in [0.29, 0.717) is 42.9 Å². The molecule has 0 N–H and O–H groups in total. The Labute approximate surface area is 161 Å². The second-order valence-electron chi connectivity index (χ2n) is 6.30. The number of carbonyl (C=O) groups is 1. The molecule has 1 heterocycles. The molecule has 27 heavy (non-hydrogen) atoms. The molecule has 1 unspecified atom stereocenters. The van der Waals surface area contributed by atoms with Crippen LogP contribution in [0.3, 0.4) is 0 Å². The average molecular weight is 373 g/mol. The van der Waals surface area contributed by atoms with Gasteiger partial charge in [0.15, 0.2) is 11.5 Å². The number of likely N-dealkylation sites (tertiary alicyclic amines) is 1. The number of methoxy groups -OCH3 is 3. The molecule has 1 amide bonds. The third-order valence-electron chi connectivity index (χ3n) is 4.48. The second kappa shape index (κ2) is 10.5. The van der Waals surface area contributed by atoms with Crippen molar-refractivity contribution in [3.05, 3.63) is 23.8 Å². The van der Waals surface area contributed by atoms with Gasteiger partial charge in [-0.15, -0.1) is 6.42 Å². The van der Waals surface area contributed by atoms with Crippen molar-refractivity contribution in [3.8, 4) is 29.6 Å². The number of nitrogens with zero attached hydrogens (tertiary/aromatic N) is 1. The van der Waals surface area contributed by atoms with Gasteiger partial charge in [0, 0.05) is 25.1 Å². The molecule has 0 radical (unpaired) electrons. The maximum atomic E-state index is 12.6. The van der Waals surface area contributed by atoms with Crippen molar-refractivity contribution >= 4 is 12.0 Å². The summed E-state index contributed by atoms with van der Waals surface area (Å²) in [6, 6.07) is 3.61. The van der Waals surface area contributed by atoms with E-state index in [1.807, 2.05) is 4.90 Å². The van der Waals surface area contributed by atoms with E-state index in [4.69, 9.17) is 25.4 Å². The van der Waals surface area contributed by atoms with Gasteiger partial charge >= 0.3 is 0 Å². The van der Waals surface area contributed by atoms with Crippen molar-refractivity contribution in [1.82, 2.24) is 4.90 Å². The summed E-state index contributed by atoms with van der Waals surface area (Å²) in [5.41, 5.74) is 0.795. The van der Waals surface area contributed by atoms with Gasteiger partial charge < -0.3 is 23.8 Å². The van der Waals surface area contributed by atoms with Crippen molar-refractivity contribution in [1.29, 1.82) is 0 Å². The van der Waals surface area contributed by atoms with Crippen LogP contribution in [0.5, 0.6) is 17.2 Å². The van der Waals surface area contributed by atoms with Crippen LogP contribution in [-0.2, 0) is 9.53 Å². The van der Waals surface area contributed by atoms with Gasteiger partial charge in [0.1, 0.15) is 6.61 Å². The van der Waals surface area contributed by atoms with Gasteiger partial charge in [-0.3, -0.25) is 4.79 Å². The van der Waals surface area contributed by atoms with Crippen LogP contribution >= 0.6 is 0 Å². The Morgan fingerprint density at radius 1 is 1.26 bits per heavy atom. The van der Waals surface area contributed by atoms with Crippen molar-refractivity contribution in [2.75, 3.05) is 47.6 Å². The van der Waals surface area contributed by atoms with Gasteiger partial charge in [0.2, 0.25) is 11.7 Å². The van der Waals surface area contributed by atoms with Crippen LogP contribution in [-0.4, -0.2) is 58.4 Å². The number of amides is 1. The molecule has 1 aliphatic rings. The zero-order valence-corrected chi connectivity index (χ0v) is 16.2. The van der Waals surface area contributed by atoms with Gasteiger partial charge in [0.05, 0.1) is 27.9 Å². The first-order valence-corrected chi connectivity index (χ1v) is 8.91. The van der Waals surface area contributed by atoms with Crippen LogP contribution in [0.4, 0.5) is 0 Å². The van der Waals surface area contributed by atoms with Crippen molar-refractivity contribution < 1.29 is 23.7 Å². The van der Waals surface area contributed by atoms with E-state index in [2.05, 4.69) is 5.92 Å². The van der Waals surface area contributed by atoms with Crippen LogP contribution < -0.4 is 14.2 Å². The lowest BCUT2D eigenvalue weighted by Crippen LogP contribution is -2.40. The predicted molar refractivity (Wildman–Crippen MR) is 104 cm³/mol. The standard InChI is InChI=1S/C21H27NO5/c1-5-11-27-15-17-7-6-10-22(14-17)20(23)9-8-16-12-18(24-2)21(26-4)19(13-16)25-3/h1,8-9,12-13,17H,6-7,10-11,14-15H2,2-4H3/b9-8+. The monoisotopic (exact) mass is 373 g/mol. The highest BCUT2D eigenvalue weighted by Crippen LogP contribution is 2.38. The molecule has 1 fully saturated rings. The van der Waals surface area contributed by atoms with Crippen LogP contribution in [0.2, 0.25) is 0 Å². The Balaban J connectivity index is 2.04. The minimum Gasteiger partial charge on any atom is -0.493 e. The van der Waals surface area contributed by atoms with E-state index in [1.54, 1.807) is 45.6 Å². The molecule has 6 nitrogen and oxygen atoms in total. The minimum atomic E-state index is -0.0228. The van der Waals surface area contributed by atoms with E-state index in [9.17, 15) is 4.79 Å². The molecule has 0 aliphatic carbocycles. The lowest BCUT2D eigenvalue weighted by Gasteiger charge is -2.31. The first-order chi connectivity index (χ1) is 13.1. The zero-order valence-electron chi connectivity index (χ0n) is 16.2. The summed E-state index contributed by atoms with van der Waals surface area (Å²) >= 11 is 0. The molecular formula is C21H27NO5. The average Bonchev–Trinajstić information content (AvgIpc) is 2.71. The molecule has 2 rings (SSSR count). The Hall–Kier alpha value is -2.65. The molecule has 0 aromatic heterocycles. The van der Waals surface area contributed by atoms with Crippen molar-refractivity contribution in [3.63, 3.8) is 0 Å². The largest absolute Gasteiger partial charge is 0.493 e. The van der Waals surface area contributed by atoms with E-state index in [0.717, 1.165) is 24.9 Å². The summed E-state index contributed by atoms with van der Waals surface area (Å²) in [4.78, 5) is 14.4. The van der Waals surface area contributed by atoms with Crippen LogP contribution in [0.25, 0.3) is 6.08 Å². The van der Waals surface area contributed by atoms with E-state index < -0.39 is 0 Å². The van der Waals surface area contributed by atoms with Gasteiger partial charge in [0.25, 0.3) is 0 Å². The summed E-state index contributed by atoms with van der Waals surface area (Å²) in [5.74, 6) is 4.39. The number of terminal acetylenes is 1. The Morgan fingerprint density at radius 2 is 1.96 bits per heavy atom. The normalized spacial score (nSPS) is 16.8. The van der Waals surface area contributed by atoms with Crippen LogP contribution in [0.1, 0.15) is 18.4 Å². The highest BCUT2D eigenvalue weighted by molar-refractivity contribution is 5.92. The number of piperidine rings is 1. The third kappa shape index (κ3) is 5.66. The highest BCUT2D eigenvalue weighted by atomic mass is 16.5. The smallest absolute Gasteiger partial charge is 0.246 e. The molecule has 0 spiro atoms. The number of hydrogen-bond acceptors (Lipinski definition) is 5. The van der Waals surface area contributed by atoms with E-state index in [-0.39, 0.29) is 5.91 Å². The summed E-state index contributed by atoms with van der Waals surface area (Å²) < 4.78 is 21.4. The van der Waals surface area contributed by atoms with Gasteiger partial charge in [-0.05, 0) is 36.6 Å². The number of benzene rings is 1. The number of carbonyl (C=O) groups excluding carboxylic acids is 1. The number of ether oxygens (including phenoxy) is 4. The molecule has 0 bridgehead atoms. The molecular weight excluding hydrogens is 346 g/mol. The SMILES string of the molecule is C#CCOCC1CCCN(C(=O)/C=C/c2cc(OC)c(OC)c(OC)c2)C1. The summed E-state index contributed by atoms with van der Waals surface area (Å²) in [6.45, 7) is 2.34. The summed E-state index contributed by atoms with van der Waals surface area (Å²) in [7, 11) is 4.68. The first kappa shape index (κ1) is 20.7. The van der Waals surface area contributed by atoms with E-state index in [1.165, 1.54) is 0 Å². The highest BCUT2D eigenvalue weighted by Gasteiger charge is 2.22. The van der Waals surface area contributed by atoms with Crippen LogP contribution in [0.15, 0.2) is 18.2 Å². The molecule has 1 saturated heterocycles. The van der Waals surface area contributed by atoms with Gasteiger partial charge in [-0.1, -0.05) is 5.92 Å². The molecule has 1 aromatic carbocycles. The van der Waals surface area contributed by atoms with Crippen LogP contribution in [0, 0.1) is 18.3 Å². The topological polar surface area (TPSA) is 57.2 Å². The fourth-order valence-electron chi connectivity index (χ4n) is 3.16. The fourth-order valence-corrected chi connectivity index (χ4v) is 3.16. The molecule has 146 valence electrons. The lowest BCUT2D eigenvalue weighted by atomic mass is 9.99. The lowest BCUT2D eigenvalue weighted by molar-refractivity contribution is -0.128. The Morgan fingerprint density at radius 3 is 2.56 bits per heavy atom. The molecule has 6 heteroatoms. The Bertz CT molecular complexity index is 682. The van der Waals surface area contributed by atoms with Crippen molar-refractivity contribution in [2.24, 2.45) is 5.92 Å². The van der Waals surface area contributed by atoms with Crippen molar-refractivity contribution in [2.45, 2.75) is 12.8 Å². The molecule has 0 saturated carbocycles. The fraction of sp³-hybridized carbons (Fsp3) is 0.476. The quantitative estimate of drug-likeness (QED) is 0.398. The summed E-state index contributed by atoms with van der Waals surface area (Å²) in [5, 5.41) is 0. The first-order valence-electron chi connectivity index (χ1n) is 8.91. The summed E-state index contributed by atoms with van der Waals surface area (Å²) in [6.07, 6.45) is 10.5. The predicted octanol–water partition coefficient (Wildman–Crippen LogP) is 2.61. The molecule has 1 aromatic rings. The van der Waals surface area contributed by atoms with Gasteiger partial charge in [-0.25, -0.2) is 0 Å². The molecule has 1 atom stereocenters. The van der Waals surface area contributed by atoms with Gasteiger partial charge in [-0.2, -0.15) is 0 Å². The maximum absolute atomic E-state index is 12.6. The van der Waals surface area contributed by atoms with E-state index >= 15 is 0 Å². The zero-order chi connectivity index (χ0) is 19.6. The Kier molecular flexibility index (Phi) is 8.02. The third-order valence-corrected chi connectivity index (χ3v) is 4.48. The second-order valence-corrected chi connectivity index (χ2v) is 6.30. The molecule has 1 aliphatic heterocycles. The number of hydrogen-bond donors (Lipinski definition) is 0. The maximum Gasteiger partial charge on any atom is 0.246 e. The minimum absolute atomic E-state index is 0.0228. The number of rotatable bonds is 8.